The summed E-state index contributed by atoms with van der Waals surface area (Å²) in [7, 11) is 0. The van der Waals surface area contributed by atoms with E-state index >= 15 is 0 Å². The summed E-state index contributed by atoms with van der Waals surface area (Å²) in [6.07, 6.45) is 0. The molecule has 4 aromatic rings. The van der Waals surface area contributed by atoms with Gasteiger partial charge in [-0.2, -0.15) is 0 Å². The zero-order chi connectivity index (χ0) is 21.3. The van der Waals surface area contributed by atoms with Crippen molar-refractivity contribution in [2.75, 3.05) is 0 Å². The van der Waals surface area contributed by atoms with Gasteiger partial charge >= 0.3 is 0 Å². The predicted octanol–water partition coefficient (Wildman–Crippen LogP) is 4.36. The van der Waals surface area contributed by atoms with Crippen LogP contribution in [0.1, 0.15) is 20.0 Å². The van der Waals surface area contributed by atoms with Gasteiger partial charge in [0.2, 0.25) is 0 Å². The third-order valence-corrected chi connectivity index (χ3v) is 6.24. The Balaban J connectivity index is 1.42. The smallest absolute Gasteiger partial charge is 0.273 e. The molecule has 0 saturated heterocycles. The molecular weight excluding hydrogens is 442 g/mol. The molecular formula is C21H14ClN3O3S2. The van der Waals surface area contributed by atoms with Crippen LogP contribution in [0.2, 0.25) is 5.02 Å². The summed E-state index contributed by atoms with van der Waals surface area (Å²) in [5.41, 5.74) is 4.90. The number of aromatic hydroxyl groups is 1. The largest absolute Gasteiger partial charge is 0.507 e. The Morgan fingerprint density at radius 1 is 0.933 bits per heavy atom. The van der Waals surface area contributed by atoms with E-state index in [4.69, 9.17) is 23.8 Å². The number of carbonyl (C=O) groups is 2. The number of phenolic OH excluding ortho intramolecular Hbond substituents is 1. The second-order valence-electron chi connectivity index (χ2n) is 6.32. The van der Waals surface area contributed by atoms with Gasteiger partial charge in [0, 0.05) is 10.1 Å². The van der Waals surface area contributed by atoms with Crippen LogP contribution in [0, 0.1) is 0 Å². The first kappa shape index (κ1) is 20.1. The Bertz CT molecular complexity index is 1320. The average Bonchev–Trinajstić information content (AvgIpc) is 3.08. The Morgan fingerprint density at radius 3 is 2.33 bits per heavy atom. The maximum atomic E-state index is 12.5. The minimum Gasteiger partial charge on any atom is -0.507 e. The molecule has 0 spiro atoms. The first-order chi connectivity index (χ1) is 14.4. The molecule has 3 aromatic carbocycles. The van der Waals surface area contributed by atoms with Gasteiger partial charge in [0.1, 0.15) is 10.6 Å². The highest BCUT2D eigenvalue weighted by molar-refractivity contribution is 7.80. The van der Waals surface area contributed by atoms with Gasteiger partial charge in [0.25, 0.3) is 11.8 Å². The molecule has 9 heteroatoms. The van der Waals surface area contributed by atoms with E-state index in [0.29, 0.717) is 9.90 Å². The van der Waals surface area contributed by atoms with E-state index in [2.05, 4.69) is 16.2 Å². The number of benzene rings is 3. The van der Waals surface area contributed by atoms with Crippen molar-refractivity contribution < 1.29 is 14.7 Å². The lowest BCUT2D eigenvalue weighted by Crippen LogP contribution is -2.48. The van der Waals surface area contributed by atoms with Crippen LogP contribution in [0.15, 0.2) is 60.7 Å². The van der Waals surface area contributed by atoms with Gasteiger partial charge in [-0.1, -0.05) is 54.1 Å². The summed E-state index contributed by atoms with van der Waals surface area (Å²) in [5, 5.41) is 15.2. The summed E-state index contributed by atoms with van der Waals surface area (Å²) >= 11 is 12.6. The van der Waals surface area contributed by atoms with E-state index in [1.165, 1.54) is 17.4 Å². The standard InChI is InChI=1S/C21H14ClN3O3S2/c22-17-13-7-3-4-8-16(13)30-18(17)20(28)23-21(29)25-24-19(27)14-9-11-5-1-2-6-12(11)10-15(14)26/h1-10,26H,(H,24,27)(H2,23,25,28,29). The molecule has 150 valence electrons. The molecule has 2 amide bonds. The van der Waals surface area contributed by atoms with Gasteiger partial charge in [0.05, 0.1) is 10.6 Å². The number of fused-ring (bicyclic) bond motifs is 2. The van der Waals surface area contributed by atoms with Crippen molar-refractivity contribution in [2.24, 2.45) is 0 Å². The number of hydrogen-bond donors (Lipinski definition) is 4. The van der Waals surface area contributed by atoms with Crippen LogP contribution in [-0.2, 0) is 0 Å². The summed E-state index contributed by atoms with van der Waals surface area (Å²) < 4.78 is 0.881. The fraction of sp³-hybridized carbons (Fsp3) is 0. The van der Waals surface area contributed by atoms with Crippen molar-refractivity contribution in [2.45, 2.75) is 0 Å². The number of thiocarbonyl (C=S) groups is 1. The van der Waals surface area contributed by atoms with Crippen LogP contribution in [0.5, 0.6) is 5.75 Å². The summed E-state index contributed by atoms with van der Waals surface area (Å²) in [6, 6.07) is 17.8. The first-order valence-electron chi connectivity index (χ1n) is 8.74. The van der Waals surface area contributed by atoms with E-state index in [-0.39, 0.29) is 16.4 Å². The van der Waals surface area contributed by atoms with Crippen LogP contribution in [0.3, 0.4) is 0 Å². The molecule has 0 radical (unpaired) electrons. The molecule has 0 aliphatic carbocycles. The quantitative estimate of drug-likeness (QED) is 0.266. The number of nitrogens with one attached hydrogen (secondary N) is 3. The molecule has 0 atom stereocenters. The van der Waals surface area contributed by atoms with Crippen molar-refractivity contribution in [3.8, 4) is 5.75 Å². The van der Waals surface area contributed by atoms with Crippen LogP contribution < -0.4 is 16.2 Å². The molecule has 1 heterocycles. The molecule has 0 saturated carbocycles. The molecule has 6 nitrogen and oxygen atoms in total. The lowest BCUT2D eigenvalue weighted by molar-refractivity contribution is 0.0933. The number of hydrogen-bond acceptors (Lipinski definition) is 5. The lowest BCUT2D eigenvalue weighted by atomic mass is 10.1. The SMILES string of the molecule is O=C(NNC(=S)NC(=O)c1sc2ccccc2c1Cl)c1cc2ccccc2cc1O. The molecule has 0 bridgehead atoms. The topological polar surface area (TPSA) is 90.5 Å². The highest BCUT2D eigenvalue weighted by atomic mass is 35.5. The fourth-order valence-corrected chi connectivity index (χ4v) is 4.50. The Hall–Kier alpha value is -3.20. The van der Waals surface area contributed by atoms with Gasteiger partial charge in [-0.05, 0) is 41.2 Å². The van der Waals surface area contributed by atoms with Gasteiger partial charge in [-0.25, -0.2) is 0 Å². The number of phenols is 1. The number of carbonyl (C=O) groups excluding carboxylic acids is 2. The van der Waals surface area contributed by atoms with E-state index in [1.54, 1.807) is 6.07 Å². The van der Waals surface area contributed by atoms with Crippen molar-refractivity contribution in [3.63, 3.8) is 0 Å². The maximum absolute atomic E-state index is 12.5. The van der Waals surface area contributed by atoms with Crippen molar-refractivity contribution in [1.29, 1.82) is 0 Å². The monoisotopic (exact) mass is 455 g/mol. The van der Waals surface area contributed by atoms with Gasteiger partial charge < -0.3 is 5.11 Å². The highest BCUT2D eigenvalue weighted by Gasteiger charge is 2.18. The molecule has 0 unspecified atom stereocenters. The number of hydrazine groups is 1. The summed E-state index contributed by atoms with van der Waals surface area (Å²) in [6.45, 7) is 0. The highest BCUT2D eigenvalue weighted by Crippen LogP contribution is 2.34. The van der Waals surface area contributed by atoms with Crippen LogP contribution in [0.25, 0.3) is 20.9 Å². The summed E-state index contributed by atoms with van der Waals surface area (Å²) in [4.78, 5) is 25.2. The zero-order valence-electron chi connectivity index (χ0n) is 15.2. The second-order valence-corrected chi connectivity index (χ2v) is 8.16. The number of amides is 2. The van der Waals surface area contributed by atoms with Crippen molar-refractivity contribution >= 4 is 72.9 Å². The van der Waals surface area contributed by atoms with E-state index < -0.39 is 11.8 Å². The number of halogens is 1. The van der Waals surface area contributed by atoms with E-state index in [9.17, 15) is 14.7 Å². The van der Waals surface area contributed by atoms with Gasteiger partial charge in [-0.15, -0.1) is 11.3 Å². The van der Waals surface area contributed by atoms with Crippen LogP contribution in [-0.4, -0.2) is 22.0 Å². The molecule has 4 N–H and O–H groups in total. The Kier molecular flexibility index (Phi) is 5.54. The summed E-state index contributed by atoms with van der Waals surface area (Å²) in [5.74, 6) is -1.25. The van der Waals surface area contributed by atoms with Crippen LogP contribution in [0.4, 0.5) is 0 Å². The van der Waals surface area contributed by atoms with Crippen molar-refractivity contribution in [1.82, 2.24) is 16.2 Å². The third kappa shape index (κ3) is 3.93. The number of thiophene rings is 1. The third-order valence-electron chi connectivity index (χ3n) is 4.37. The predicted molar refractivity (Wildman–Crippen MR) is 123 cm³/mol. The lowest BCUT2D eigenvalue weighted by Gasteiger charge is -2.12. The molecule has 0 aliphatic rings. The zero-order valence-corrected chi connectivity index (χ0v) is 17.6. The van der Waals surface area contributed by atoms with Gasteiger partial charge in [-0.3, -0.25) is 25.8 Å². The fourth-order valence-electron chi connectivity index (χ4n) is 2.94. The average molecular weight is 456 g/mol. The normalized spacial score (nSPS) is 10.7. The van der Waals surface area contributed by atoms with Gasteiger partial charge in [0.15, 0.2) is 5.11 Å². The molecule has 1 aromatic heterocycles. The second kappa shape index (κ2) is 8.27. The van der Waals surface area contributed by atoms with E-state index in [1.807, 2.05) is 48.5 Å². The number of rotatable bonds is 2. The molecule has 4 rings (SSSR count). The molecule has 0 fully saturated rings. The van der Waals surface area contributed by atoms with E-state index in [0.717, 1.165) is 20.9 Å². The first-order valence-corrected chi connectivity index (χ1v) is 10.3. The molecule has 0 aliphatic heterocycles. The Labute approximate surface area is 185 Å². The minimum atomic E-state index is -0.602. The van der Waals surface area contributed by atoms with Crippen LogP contribution >= 0.6 is 35.2 Å². The minimum absolute atomic E-state index is 0.0721. The Morgan fingerprint density at radius 2 is 1.60 bits per heavy atom. The maximum Gasteiger partial charge on any atom is 0.273 e. The van der Waals surface area contributed by atoms with Crippen molar-refractivity contribution in [3.05, 3.63) is 76.1 Å². The molecule has 30 heavy (non-hydrogen) atoms.